The van der Waals surface area contributed by atoms with E-state index < -0.39 is 16.0 Å². The maximum Gasteiger partial charge on any atom is 0.335 e. The zero-order chi connectivity index (χ0) is 16.2. The van der Waals surface area contributed by atoms with E-state index in [2.05, 4.69) is 20.7 Å². The van der Waals surface area contributed by atoms with Crippen molar-refractivity contribution in [3.05, 3.63) is 27.7 Å². The number of thioether (sulfide) groups is 1. The van der Waals surface area contributed by atoms with Crippen molar-refractivity contribution in [3.8, 4) is 0 Å². The van der Waals surface area contributed by atoms with Crippen molar-refractivity contribution >= 4 is 43.7 Å². The molecule has 0 bridgehead atoms. The lowest BCUT2D eigenvalue weighted by molar-refractivity contribution is 0.0696. The van der Waals surface area contributed by atoms with Gasteiger partial charge in [-0.25, -0.2) is 17.9 Å². The maximum atomic E-state index is 12.4. The summed E-state index contributed by atoms with van der Waals surface area (Å²) in [5.41, 5.74) is 0.426. The largest absolute Gasteiger partial charge is 0.478 e. The molecule has 0 amide bonds. The standard InChI is InChI=1S/C13H18BrNO4S2/c1-8(7-20-3)6-15-21(18,19)12-5-10(13(16)17)4-11(14)9(12)2/h4-5,8,15H,6-7H2,1-3H3,(H,16,17). The molecule has 118 valence electrons. The smallest absolute Gasteiger partial charge is 0.335 e. The van der Waals surface area contributed by atoms with Gasteiger partial charge in [-0.05, 0) is 42.5 Å². The van der Waals surface area contributed by atoms with Gasteiger partial charge in [0.1, 0.15) is 0 Å². The van der Waals surface area contributed by atoms with Crippen LogP contribution in [0.2, 0.25) is 0 Å². The normalized spacial score (nSPS) is 13.1. The molecule has 1 unspecified atom stereocenters. The molecule has 8 heteroatoms. The molecule has 0 spiro atoms. The zero-order valence-electron chi connectivity index (χ0n) is 12.0. The molecule has 0 fully saturated rings. The van der Waals surface area contributed by atoms with E-state index in [4.69, 9.17) is 5.11 Å². The number of aromatic carboxylic acids is 1. The van der Waals surface area contributed by atoms with Crippen LogP contribution in [0.4, 0.5) is 0 Å². The number of rotatable bonds is 7. The van der Waals surface area contributed by atoms with Crippen LogP contribution in [0.25, 0.3) is 0 Å². The number of carbonyl (C=O) groups is 1. The minimum atomic E-state index is -3.74. The van der Waals surface area contributed by atoms with Gasteiger partial charge in [0.25, 0.3) is 0 Å². The summed E-state index contributed by atoms with van der Waals surface area (Å²) in [5, 5.41) is 9.04. The van der Waals surface area contributed by atoms with Crippen molar-refractivity contribution in [1.29, 1.82) is 0 Å². The first-order valence-corrected chi connectivity index (χ1v) is 9.88. The first-order valence-electron chi connectivity index (χ1n) is 6.21. The highest BCUT2D eigenvalue weighted by atomic mass is 79.9. The summed E-state index contributed by atoms with van der Waals surface area (Å²) < 4.78 is 27.7. The highest BCUT2D eigenvalue weighted by Gasteiger charge is 2.21. The fourth-order valence-corrected chi connectivity index (χ4v) is 4.46. The summed E-state index contributed by atoms with van der Waals surface area (Å²) in [5.74, 6) is -0.121. The lowest BCUT2D eigenvalue weighted by atomic mass is 10.1. The Morgan fingerprint density at radius 3 is 2.62 bits per heavy atom. The number of hydrogen-bond acceptors (Lipinski definition) is 4. The fraction of sp³-hybridized carbons (Fsp3) is 0.462. The number of hydrogen-bond donors (Lipinski definition) is 2. The summed E-state index contributed by atoms with van der Waals surface area (Å²) in [7, 11) is -3.74. The molecule has 1 aromatic carbocycles. The molecular formula is C13H18BrNO4S2. The van der Waals surface area contributed by atoms with Gasteiger partial charge in [-0.3, -0.25) is 0 Å². The monoisotopic (exact) mass is 395 g/mol. The topological polar surface area (TPSA) is 83.5 Å². The zero-order valence-corrected chi connectivity index (χ0v) is 15.2. The fourth-order valence-electron chi connectivity index (χ4n) is 1.73. The van der Waals surface area contributed by atoms with Crippen molar-refractivity contribution in [2.45, 2.75) is 18.7 Å². The van der Waals surface area contributed by atoms with Crippen molar-refractivity contribution in [2.75, 3.05) is 18.6 Å². The summed E-state index contributed by atoms with van der Waals surface area (Å²) >= 11 is 4.85. The van der Waals surface area contributed by atoms with Crippen molar-refractivity contribution in [3.63, 3.8) is 0 Å². The first-order chi connectivity index (χ1) is 9.69. The molecule has 5 nitrogen and oxygen atoms in total. The average molecular weight is 396 g/mol. The molecule has 0 saturated heterocycles. The van der Waals surface area contributed by atoms with E-state index in [0.717, 1.165) is 5.75 Å². The first kappa shape index (κ1) is 18.5. The lowest BCUT2D eigenvalue weighted by Gasteiger charge is -2.14. The molecule has 0 saturated carbocycles. The molecule has 0 aliphatic heterocycles. The van der Waals surface area contributed by atoms with Crippen LogP contribution in [0.3, 0.4) is 0 Å². The third-order valence-corrected chi connectivity index (χ3v) is 6.18. The molecule has 0 aromatic heterocycles. The predicted molar refractivity (Wildman–Crippen MR) is 88.6 cm³/mol. The highest BCUT2D eigenvalue weighted by molar-refractivity contribution is 9.10. The Labute approximate surface area is 137 Å². The van der Waals surface area contributed by atoms with E-state index >= 15 is 0 Å². The number of carboxylic acids is 1. The van der Waals surface area contributed by atoms with Gasteiger partial charge in [-0.15, -0.1) is 0 Å². The highest BCUT2D eigenvalue weighted by Crippen LogP contribution is 2.26. The average Bonchev–Trinajstić information content (AvgIpc) is 2.39. The van der Waals surface area contributed by atoms with Crippen LogP contribution in [0.5, 0.6) is 0 Å². The van der Waals surface area contributed by atoms with Crippen LogP contribution in [-0.2, 0) is 10.0 Å². The van der Waals surface area contributed by atoms with Crippen LogP contribution in [0.1, 0.15) is 22.8 Å². The SMILES string of the molecule is CSCC(C)CNS(=O)(=O)c1cc(C(=O)O)cc(Br)c1C. The van der Waals surface area contributed by atoms with Crippen molar-refractivity contribution in [1.82, 2.24) is 4.72 Å². The van der Waals surface area contributed by atoms with Gasteiger partial charge in [0, 0.05) is 11.0 Å². The van der Waals surface area contributed by atoms with Crippen LogP contribution < -0.4 is 4.72 Å². The molecule has 0 heterocycles. The minimum Gasteiger partial charge on any atom is -0.478 e. The maximum absolute atomic E-state index is 12.4. The Morgan fingerprint density at radius 2 is 2.10 bits per heavy atom. The molecule has 1 aromatic rings. The Balaban J connectivity index is 3.10. The molecule has 0 aliphatic carbocycles. The van der Waals surface area contributed by atoms with Gasteiger partial charge >= 0.3 is 5.97 Å². The van der Waals surface area contributed by atoms with Gasteiger partial charge in [0.15, 0.2) is 0 Å². The summed E-state index contributed by atoms with van der Waals surface area (Å²) in [6.07, 6.45) is 1.96. The number of sulfonamides is 1. The molecule has 1 atom stereocenters. The van der Waals surface area contributed by atoms with Crippen molar-refractivity contribution in [2.24, 2.45) is 5.92 Å². The predicted octanol–water partition coefficient (Wildman–Crippen LogP) is 2.73. The third-order valence-electron chi connectivity index (χ3n) is 2.91. The summed E-state index contributed by atoms with van der Waals surface area (Å²) in [4.78, 5) is 11.0. The molecule has 2 N–H and O–H groups in total. The number of halogens is 1. The van der Waals surface area contributed by atoms with Gasteiger partial charge in [0.05, 0.1) is 10.5 Å². The number of carboxylic acid groups (broad SMARTS) is 1. The van der Waals surface area contributed by atoms with Crippen LogP contribution in [0, 0.1) is 12.8 Å². The Hall–Kier alpha value is -0.570. The quantitative estimate of drug-likeness (QED) is 0.741. The van der Waals surface area contributed by atoms with E-state index in [0.29, 0.717) is 16.6 Å². The Morgan fingerprint density at radius 1 is 1.48 bits per heavy atom. The van der Waals surface area contributed by atoms with Gasteiger partial charge in [-0.2, -0.15) is 11.8 Å². The second-order valence-electron chi connectivity index (χ2n) is 4.80. The molecule has 0 radical (unpaired) electrons. The number of nitrogens with one attached hydrogen (secondary N) is 1. The molecule has 21 heavy (non-hydrogen) atoms. The van der Waals surface area contributed by atoms with E-state index in [1.807, 2.05) is 13.2 Å². The van der Waals surface area contributed by atoms with Crippen LogP contribution in [-0.4, -0.2) is 38.0 Å². The lowest BCUT2D eigenvalue weighted by Crippen LogP contribution is -2.30. The summed E-state index contributed by atoms with van der Waals surface area (Å²) in [6, 6.07) is 2.58. The molecular weight excluding hydrogens is 378 g/mol. The van der Waals surface area contributed by atoms with E-state index in [-0.39, 0.29) is 16.4 Å². The second-order valence-corrected chi connectivity index (χ2v) is 8.30. The van der Waals surface area contributed by atoms with Crippen LogP contribution in [0.15, 0.2) is 21.5 Å². The molecule has 1 rings (SSSR count). The van der Waals surface area contributed by atoms with Gasteiger partial charge < -0.3 is 5.11 Å². The van der Waals surface area contributed by atoms with Gasteiger partial charge in [-0.1, -0.05) is 22.9 Å². The molecule has 0 aliphatic rings. The van der Waals surface area contributed by atoms with E-state index in [1.54, 1.807) is 18.7 Å². The van der Waals surface area contributed by atoms with E-state index in [9.17, 15) is 13.2 Å². The third kappa shape index (κ3) is 4.98. The van der Waals surface area contributed by atoms with Crippen molar-refractivity contribution < 1.29 is 18.3 Å². The Kier molecular flexibility index (Phi) is 6.71. The van der Waals surface area contributed by atoms with E-state index in [1.165, 1.54) is 12.1 Å². The van der Waals surface area contributed by atoms with Gasteiger partial charge in [0.2, 0.25) is 10.0 Å². The summed E-state index contributed by atoms with van der Waals surface area (Å²) in [6.45, 7) is 3.91. The minimum absolute atomic E-state index is 0.00868. The second kappa shape index (κ2) is 7.62. The van der Waals surface area contributed by atoms with Crippen LogP contribution >= 0.6 is 27.7 Å². The number of benzene rings is 1. The Bertz CT molecular complexity index is 631.